The van der Waals surface area contributed by atoms with E-state index in [2.05, 4.69) is 38.5 Å². The summed E-state index contributed by atoms with van der Waals surface area (Å²) < 4.78 is 13.5. The zero-order chi connectivity index (χ0) is 42.6. The van der Waals surface area contributed by atoms with Crippen molar-refractivity contribution in [3.8, 4) is 23.0 Å². The minimum absolute atomic E-state index is 0.0152. The van der Waals surface area contributed by atoms with Crippen LogP contribution in [0.3, 0.4) is 0 Å². The molecule has 1 aliphatic heterocycles. The van der Waals surface area contributed by atoms with E-state index in [0.717, 1.165) is 46.7 Å². The van der Waals surface area contributed by atoms with E-state index in [9.17, 15) is 34.9 Å². The van der Waals surface area contributed by atoms with Crippen molar-refractivity contribution in [1.82, 2.24) is 20.4 Å². The van der Waals surface area contributed by atoms with E-state index in [4.69, 9.17) is 0 Å². The molecule has 7 N–H and O–H groups in total. The molecule has 0 saturated heterocycles. The number of unbranched alkanes of at least 4 members (excludes halogenated alkanes) is 9. The van der Waals surface area contributed by atoms with Gasteiger partial charge in [-0.3, -0.25) is 4.79 Å². The summed E-state index contributed by atoms with van der Waals surface area (Å²) in [5.41, 5.74) is 1.51. The summed E-state index contributed by atoms with van der Waals surface area (Å²) in [7, 11) is -3.78. The molecule has 2 aromatic heterocycles. The average molecular weight is 920 g/mol. The van der Waals surface area contributed by atoms with Crippen LogP contribution >= 0.6 is 67.0 Å². The Morgan fingerprint density at radius 3 is 2.03 bits per heavy atom. The third-order valence-corrected chi connectivity index (χ3v) is 19.0. The summed E-state index contributed by atoms with van der Waals surface area (Å²) in [6.07, 6.45) is 15.8. The number of amides is 1. The Bertz CT molecular complexity index is 2250. The van der Waals surface area contributed by atoms with Crippen LogP contribution in [0.15, 0.2) is 80.6 Å². The van der Waals surface area contributed by atoms with Gasteiger partial charge in [-0.15, -0.1) is 20.4 Å². The van der Waals surface area contributed by atoms with Gasteiger partial charge in [0.1, 0.15) is 23.0 Å². The molecule has 3 heterocycles. The molecule has 6 rings (SSSR count). The molecule has 0 saturated carbocycles. The predicted molar refractivity (Wildman–Crippen MR) is 244 cm³/mol. The van der Waals surface area contributed by atoms with Crippen molar-refractivity contribution in [3.05, 3.63) is 59.7 Å². The molecule has 0 bridgehead atoms. The fraction of sp³-hybridized carbons (Fsp3) is 0.415. The monoisotopic (exact) mass is 919 g/mol. The smallest absolute Gasteiger partial charge is 0.227 e. The molecular formula is C41H53N5O7S6. The van der Waals surface area contributed by atoms with E-state index in [0.29, 0.717) is 46.6 Å². The first-order valence-corrected chi connectivity index (χ1v) is 26.3. The highest BCUT2D eigenvalue weighted by Crippen LogP contribution is 2.67. The molecule has 0 aliphatic carbocycles. The Hall–Kier alpha value is -3.36. The van der Waals surface area contributed by atoms with Crippen molar-refractivity contribution in [1.29, 1.82) is 0 Å². The molecule has 0 spiro atoms. The number of phenolic OH excluding ortho intramolecular Hbond substituents is 4. The number of carbonyl (C=O) groups is 1. The first-order chi connectivity index (χ1) is 28.3. The summed E-state index contributed by atoms with van der Waals surface area (Å²) in [5.74, 6) is 3.30. The van der Waals surface area contributed by atoms with E-state index in [1.54, 1.807) is 31.2 Å². The Balaban J connectivity index is 0.000000230. The van der Waals surface area contributed by atoms with Gasteiger partial charge in [-0.2, -0.15) is 0 Å². The van der Waals surface area contributed by atoms with Crippen LogP contribution in [0.2, 0.25) is 0 Å². The second-order valence-electron chi connectivity index (χ2n) is 14.4. The van der Waals surface area contributed by atoms with Crippen LogP contribution in [0.5, 0.6) is 23.0 Å². The van der Waals surface area contributed by atoms with Crippen molar-refractivity contribution in [3.63, 3.8) is 0 Å². The van der Waals surface area contributed by atoms with E-state index in [1.807, 2.05) is 12.3 Å². The van der Waals surface area contributed by atoms with Gasteiger partial charge in [0.05, 0.1) is 21.4 Å². The molecule has 0 fully saturated rings. The molecule has 0 radical (unpaired) electrons. The minimum Gasteiger partial charge on any atom is -0.508 e. The van der Waals surface area contributed by atoms with Gasteiger partial charge < -0.3 is 35.4 Å². The Kier molecular flexibility index (Phi) is 17.0. The van der Waals surface area contributed by atoms with Gasteiger partial charge in [-0.1, -0.05) is 162 Å². The number of nitrogens with zero attached hydrogens (tertiary/aromatic N) is 4. The van der Waals surface area contributed by atoms with Crippen LogP contribution in [0.4, 0.5) is 5.69 Å². The fourth-order valence-corrected chi connectivity index (χ4v) is 13.6. The van der Waals surface area contributed by atoms with Crippen molar-refractivity contribution in [2.45, 2.75) is 123 Å². The maximum atomic E-state index is 12.6. The maximum Gasteiger partial charge on any atom is 0.227 e. The average Bonchev–Trinajstić information content (AvgIpc) is 3.91. The van der Waals surface area contributed by atoms with Crippen LogP contribution in [0, 0.1) is 12.8 Å². The molecule has 59 heavy (non-hydrogen) atoms. The number of fused-ring (bicyclic) bond motifs is 1. The van der Waals surface area contributed by atoms with Crippen LogP contribution in [0.25, 0.3) is 0 Å². The second-order valence-corrected chi connectivity index (χ2v) is 24.0. The second kappa shape index (κ2) is 21.4. The number of aromatic nitrogens is 4. The highest BCUT2D eigenvalue weighted by Gasteiger charge is 2.35. The van der Waals surface area contributed by atoms with Gasteiger partial charge >= 0.3 is 0 Å². The SMILES string of the molecule is C=S(O)(CO)(c1ccccc1)c1nnc(Sc2cc(O)c(C)cc2O)s1.CCCCCCCCCCCCC1Cc2c(O)c(Sc3nnc(SC)s3)cc(O)c2NC1=O. The molecule has 1 atom stereocenters. The third-order valence-electron chi connectivity index (χ3n) is 9.93. The van der Waals surface area contributed by atoms with Gasteiger partial charge in [-0.25, -0.2) is 0 Å². The minimum atomic E-state index is -3.78. The Morgan fingerprint density at radius 2 is 1.39 bits per heavy atom. The summed E-state index contributed by atoms with van der Waals surface area (Å²) in [5, 5.41) is 70.3. The number of nitrogens with one attached hydrogen (secondary N) is 1. The number of aliphatic hydroxyl groups excluding tert-OH is 1. The molecule has 5 aromatic rings. The molecule has 320 valence electrons. The van der Waals surface area contributed by atoms with Crippen LogP contribution < -0.4 is 5.32 Å². The molecular weight excluding hydrogens is 867 g/mol. The number of anilines is 1. The van der Waals surface area contributed by atoms with Gasteiger partial charge in [-0.05, 0) is 61.9 Å². The predicted octanol–water partition coefficient (Wildman–Crippen LogP) is 11.3. The van der Waals surface area contributed by atoms with E-state index >= 15 is 0 Å². The lowest BCUT2D eigenvalue weighted by atomic mass is 9.88. The molecule has 1 aliphatic rings. The van der Waals surface area contributed by atoms with E-state index in [-0.39, 0.29) is 39.2 Å². The number of aryl methyl sites for hydroxylation is 1. The lowest BCUT2D eigenvalue weighted by molar-refractivity contribution is -0.120. The number of carbonyl (C=O) groups excluding carboxylic acids is 1. The van der Waals surface area contributed by atoms with Gasteiger partial charge in [0.15, 0.2) is 17.4 Å². The van der Waals surface area contributed by atoms with E-state index in [1.165, 1.54) is 104 Å². The lowest BCUT2D eigenvalue weighted by Crippen LogP contribution is -2.30. The van der Waals surface area contributed by atoms with Crippen molar-refractivity contribution in [2.75, 3.05) is 17.5 Å². The highest BCUT2D eigenvalue weighted by molar-refractivity contribution is 8.43. The Morgan fingerprint density at radius 1 is 0.797 bits per heavy atom. The summed E-state index contributed by atoms with van der Waals surface area (Å²) >= 11 is 6.45. The first-order valence-electron chi connectivity index (χ1n) is 19.4. The Labute approximate surface area is 366 Å². The summed E-state index contributed by atoms with van der Waals surface area (Å²) in [6.45, 7) is 3.93. The number of thioether (sulfide) groups is 1. The number of benzene rings is 3. The fourth-order valence-electron chi connectivity index (χ4n) is 6.44. The normalized spacial score (nSPS) is 14.5. The zero-order valence-electron chi connectivity index (χ0n) is 33.4. The van der Waals surface area contributed by atoms with Crippen molar-refractivity contribution in [2.24, 2.45) is 5.92 Å². The largest absolute Gasteiger partial charge is 0.508 e. The molecule has 1 amide bonds. The third kappa shape index (κ3) is 11.9. The number of aromatic hydroxyl groups is 4. The summed E-state index contributed by atoms with van der Waals surface area (Å²) in [4.78, 5) is 14.0. The molecule has 12 nitrogen and oxygen atoms in total. The van der Waals surface area contributed by atoms with Gasteiger partial charge in [0, 0.05) is 16.4 Å². The molecule has 18 heteroatoms. The number of phenols is 4. The molecule has 1 unspecified atom stereocenters. The number of aliphatic hydroxyl groups is 1. The number of hydrogen-bond donors (Lipinski definition) is 7. The van der Waals surface area contributed by atoms with Crippen LogP contribution in [0.1, 0.15) is 88.7 Å². The first kappa shape index (κ1) is 46.7. The quantitative estimate of drug-likeness (QED) is 0.0136. The van der Waals surface area contributed by atoms with Crippen molar-refractivity contribution < 1.29 is 34.9 Å². The van der Waals surface area contributed by atoms with Crippen LogP contribution in [-0.4, -0.2) is 74.5 Å². The molecule has 3 aromatic carbocycles. The lowest BCUT2D eigenvalue weighted by Gasteiger charge is -2.38. The highest BCUT2D eigenvalue weighted by atomic mass is 32.3. The number of rotatable bonds is 19. The van der Waals surface area contributed by atoms with Crippen LogP contribution in [-0.2, 0) is 11.2 Å². The van der Waals surface area contributed by atoms with Crippen molar-refractivity contribution >= 4 is 84.5 Å². The summed E-state index contributed by atoms with van der Waals surface area (Å²) in [6, 6.07) is 13.1. The standard InChI is InChI=1S/C24H35N3O3S3.C17H18N2O4S3/c1-3-4-5-6-7-8-9-10-11-12-13-16-14-17-20(25-22(16)30)18(28)15-19(21(17)29)32-24-27-26-23(31-2)33-24;1-11-8-14(22)15(9-13(11)21)24-16-18-19-17(25-16)26(2,23,10-20)12-6-4-3-5-7-12/h15-16,28-29H,3-14H2,1-2H3,(H,25,30);3-9,20-23H,2,10H2,1H3. The topological polar surface area (TPSA) is 202 Å². The number of hydrogen-bond acceptors (Lipinski definition) is 16. The van der Waals surface area contributed by atoms with Gasteiger partial charge in [0.2, 0.25) is 5.91 Å². The van der Waals surface area contributed by atoms with E-state index < -0.39 is 15.0 Å². The maximum absolute atomic E-state index is 12.6. The zero-order valence-corrected chi connectivity index (χ0v) is 38.3. The van der Waals surface area contributed by atoms with Gasteiger partial charge in [0.25, 0.3) is 0 Å².